The van der Waals surface area contributed by atoms with Gasteiger partial charge >= 0.3 is 5.97 Å². The lowest BCUT2D eigenvalue weighted by Gasteiger charge is -2.32. The van der Waals surface area contributed by atoms with Crippen molar-refractivity contribution < 1.29 is 19.2 Å². The maximum atomic E-state index is 12.9. The molecule has 1 atom stereocenters. The van der Waals surface area contributed by atoms with Gasteiger partial charge in [-0.1, -0.05) is 24.3 Å². The number of carbonyl (C=O) groups is 2. The minimum Gasteiger partial charge on any atom is -0.456 e. The Morgan fingerprint density at radius 1 is 1.15 bits per heavy atom. The highest BCUT2D eigenvalue weighted by Gasteiger charge is 2.43. The zero-order valence-corrected chi connectivity index (χ0v) is 14.5. The number of non-ortho nitro benzene ring substituents is 1. The molecular weight excluding hydrogens is 348 g/mol. The van der Waals surface area contributed by atoms with E-state index in [1.165, 1.54) is 17.0 Å². The Morgan fingerprint density at radius 3 is 2.67 bits per heavy atom. The van der Waals surface area contributed by atoms with Crippen molar-refractivity contribution in [2.24, 2.45) is 0 Å². The summed E-state index contributed by atoms with van der Waals surface area (Å²) in [4.78, 5) is 37.5. The van der Waals surface area contributed by atoms with Gasteiger partial charge in [0.15, 0.2) is 0 Å². The lowest BCUT2D eigenvalue weighted by molar-refractivity contribution is -0.384. The fourth-order valence-electron chi connectivity index (χ4n) is 3.66. The summed E-state index contributed by atoms with van der Waals surface area (Å²) in [5.74, 6) is -1.20. The average Bonchev–Trinajstić information content (AvgIpc) is 3.02. The predicted molar refractivity (Wildman–Crippen MR) is 97.1 cm³/mol. The van der Waals surface area contributed by atoms with Crippen LogP contribution in [0.3, 0.4) is 0 Å². The molecule has 4 rings (SSSR count). The van der Waals surface area contributed by atoms with Crippen molar-refractivity contribution >= 4 is 23.3 Å². The fourth-order valence-corrected chi connectivity index (χ4v) is 3.66. The number of hydrogen-bond donors (Lipinski definition) is 0. The lowest BCUT2D eigenvalue weighted by atomic mass is 9.84. The first kappa shape index (κ1) is 17.0. The molecule has 2 aromatic carbocycles. The molecule has 0 saturated heterocycles. The smallest absolute Gasteiger partial charge is 0.336 e. The van der Waals surface area contributed by atoms with Crippen molar-refractivity contribution in [1.82, 2.24) is 0 Å². The van der Waals surface area contributed by atoms with Gasteiger partial charge in [-0.25, -0.2) is 4.79 Å². The van der Waals surface area contributed by atoms with E-state index in [9.17, 15) is 19.7 Å². The molecule has 0 radical (unpaired) electrons. The highest BCUT2D eigenvalue weighted by Crippen LogP contribution is 2.42. The molecule has 0 aromatic heterocycles. The maximum absolute atomic E-state index is 12.9. The Bertz CT molecular complexity index is 1010. The average molecular weight is 364 g/mol. The number of amides is 1. The summed E-state index contributed by atoms with van der Waals surface area (Å²) in [6, 6.07) is 13.5. The van der Waals surface area contributed by atoms with Gasteiger partial charge in [0.25, 0.3) is 5.69 Å². The highest BCUT2D eigenvalue weighted by atomic mass is 16.6. The molecule has 0 bridgehead atoms. The summed E-state index contributed by atoms with van der Waals surface area (Å²) < 4.78 is 5.22. The molecule has 0 fully saturated rings. The number of hydrogen-bond acceptors (Lipinski definition) is 5. The molecule has 7 nitrogen and oxygen atoms in total. The number of ether oxygens (including phenoxy) is 1. The molecule has 0 saturated carbocycles. The van der Waals surface area contributed by atoms with Crippen LogP contribution in [0.2, 0.25) is 0 Å². The van der Waals surface area contributed by atoms with Gasteiger partial charge in [0, 0.05) is 30.2 Å². The summed E-state index contributed by atoms with van der Waals surface area (Å²) in [6.45, 7) is 1.94. The van der Waals surface area contributed by atoms with Gasteiger partial charge in [-0.3, -0.25) is 19.8 Å². The summed E-state index contributed by atoms with van der Waals surface area (Å²) >= 11 is 0. The quantitative estimate of drug-likeness (QED) is 0.474. The van der Waals surface area contributed by atoms with Crippen LogP contribution in [-0.4, -0.2) is 23.4 Å². The third kappa shape index (κ3) is 2.87. The number of esters is 1. The van der Waals surface area contributed by atoms with Crippen LogP contribution in [0.5, 0.6) is 0 Å². The fraction of sp³-hybridized carbons (Fsp3) is 0.200. The van der Waals surface area contributed by atoms with E-state index in [2.05, 4.69) is 0 Å². The van der Waals surface area contributed by atoms with Gasteiger partial charge < -0.3 is 4.74 Å². The first-order chi connectivity index (χ1) is 13.0. The van der Waals surface area contributed by atoms with Crippen LogP contribution in [0.15, 0.2) is 59.8 Å². The number of nitrogens with zero attached hydrogens (tertiary/aromatic N) is 2. The predicted octanol–water partition coefficient (Wildman–Crippen LogP) is 3.23. The SMILES string of the molecule is Cc1cccc(N2C(=O)CC(c3cccc([N+](=O)[O-])c3)C3=C2COC3=O)c1. The van der Waals surface area contributed by atoms with Crippen molar-refractivity contribution in [3.8, 4) is 0 Å². The number of benzene rings is 2. The van der Waals surface area contributed by atoms with Gasteiger partial charge in [-0.2, -0.15) is 0 Å². The van der Waals surface area contributed by atoms with E-state index in [4.69, 9.17) is 4.74 Å². The zero-order valence-electron chi connectivity index (χ0n) is 14.5. The minimum atomic E-state index is -0.552. The van der Waals surface area contributed by atoms with Gasteiger partial charge in [0.1, 0.15) is 6.61 Å². The summed E-state index contributed by atoms with van der Waals surface area (Å²) in [5, 5.41) is 11.1. The van der Waals surface area contributed by atoms with Gasteiger partial charge in [-0.15, -0.1) is 0 Å². The molecule has 136 valence electrons. The molecule has 0 spiro atoms. The van der Waals surface area contributed by atoms with Crippen molar-refractivity contribution in [1.29, 1.82) is 0 Å². The zero-order chi connectivity index (χ0) is 19.1. The molecule has 0 aliphatic carbocycles. The number of rotatable bonds is 3. The second-order valence-electron chi connectivity index (χ2n) is 6.61. The number of anilines is 1. The van der Waals surface area contributed by atoms with Crippen LogP contribution in [0.4, 0.5) is 11.4 Å². The summed E-state index contributed by atoms with van der Waals surface area (Å²) in [6.07, 6.45) is 0.0447. The van der Waals surface area contributed by atoms with E-state index in [0.29, 0.717) is 22.5 Å². The van der Waals surface area contributed by atoms with Crippen molar-refractivity contribution in [3.63, 3.8) is 0 Å². The standard InChI is InChI=1S/C20H16N2O5/c1-12-4-2-6-14(8-12)21-17-11-27-20(24)19(17)16(10-18(21)23)13-5-3-7-15(9-13)22(25)26/h2-9,16H,10-11H2,1H3. The third-order valence-electron chi connectivity index (χ3n) is 4.86. The van der Waals surface area contributed by atoms with Crippen molar-refractivity contribution in [2.75, 3.05) is 11.5 Å². The normalized spacial score (nSPS) is 19.1. The van der Waals surface area contributed by atoms with Crippen LogP contribution in [0.25, 0.3) is 0 Å². The molecular formula is C20H16N2O5. The molecule has 1 amide bonds. The van der Waals surface area contributed by atoms with Crippen LogP contribution >= 0.6 is 0 Å². The van der Waals surface area contributed by atoms with E-state index >= 15 is 0 Å². The molecule has 7 heteroatoms. The maximum Gasteiger partial charge on any atom is 0.336 e. The van der Waals surface area contributed by atoms with Crippen molar-refractivity contribution in [3.05, 3.63) is 81.0 Å². The molecule has 1 unspecified atom stereocenters. The number of aryl methyl sites for hydroxylation is 1. The number of nitro groups is 1. The molecule has 0 N–H and O–H groups in total. The Balaban J connectivity index is 1.83. The monoisotopic (exact) mass is 364 g/mol. The first-order valence-corrected chi connectivity index (χ1v) is 8.50. The van der Waals surface area contributed by atoms with Gasteiger partial charge in [-0.05, 0) is 30.2 Å². The number of nitro benzene ring substituents is 1. The summed E-state index contributed by atoms with van der Waals surface area (Å²) in [7, 11) is 0. The topological polar surface area (TPSA) is 89.8 Å². The lowest BCUT2D eigenvalue weighted by Crippen LogP contribution is -2.37. The molecule has 27 heavy (non-hydrogen) atoms. The second kappa shape index (κ2) is 6.35. The largest absolute Gasteiger partial charge is 0.456 e. The Morgan fingerprint density at radius 2 is 1.93 bits per heavy atom. The molecule has 2 aliphatic heterocycles. The molecule has 2 aromatic rings. The Labute approximate surface area is 155 Å². The molecule has 2 aliphatic rings. The van der Waals surface area contributed by atoms with Gasteiger partial charge in [0.2, 0.25) is 5.91 Å². The Kier molecular flexibility index (Phi) is 3.99. The van der Waals surface area contributed by atoms with Crippen molar-refractivity contribution in [2.45, 2.75) is 19.3 Å². The Hall–Kier alpha value is -3.48. The van der Waals surface area contributed by atoms with Crippen LogP contribution in [0.1, 0.15) is 23.5 Å². The van der Waals surface area contributed by atoms with Crippen LogP contribution in [-0.2, 0) is 14.3 Å². The van der Waals surface area contributed by atoms with Gasteiger partial charge in [0.05, 0.1) is 16.2 Å². The molecule has 2 heterocycles. The van der Waals surface area contributed by atoms with E-state index < -0.39 is 16.8 Å². The number of cyclic esters (lactones) is 1. The van der Waals surface area contributed by atoms with Crippen LogP contribution in [0, 0.1) is 17.0 Å². The second-order valence-corrected chi connectivity index (χ2v) is 6.61. The van der Waals surface area contributed by atoms with E-state index in [1.54, 1.807) is 12.1 Å². The highest BCUT2D eigenvalue weighted by molar-refractivity contribution is 6.06. The summed E-state index contributed by atoms with van der Waals surface area (Å²) in [5.41, 5.74) is 3.08. The van der Waals surface area contributed by atoms with E-state index in [1.807, 2.05) is 31.2 Å². The first-order valence-electron chi connectivity index (χ1n) is 8.50. The minimum absolute atomic E-state index is 0.0132. The van der Waals surface area contributed by atoms with E-state index in [-0.39, 0.29) is 24.6 Å². The van der Waals surface area contributed by atoms with Crippen LogP contribution < -0.4 is 4.90 Å². The van der Waals surface area contributed by atoms with E-state index in [0.717, 1.165) is 5.56 Å². The third-order valence-corrected chi connectivity index (χ3v) is 4.86. The number of carbonyl (C=O) groups excluding carboxylic acids is 2.